The van der Waals surface area contributed by atoms with Gasteiger partial charge >= 0.3 is 0 Å². The Morgan fingerprint density at radius 3 is 2.67 bits per heavy atom. The fourth-order valence-corrected chi connectivity index (χ4v) is 2.79. The van der Waals surface area contributed by atoms with Crippen molar-refractivity contribution in [3.8, 4) is 17.2 Å². The van der Waals surface area contributed by atoms with Gasteiger partial charge in [0.15, 0.2) is 18.1 Å². The second kappa shape index (κ2) is 9.97. The molecule has 2 aromatic rings. The summed E-state index contributed by atoms with van der Waals surface area (Å²) < 4.78 is 11.2. The zero-order valence-corrected chi connectivity index (χ0v) is 17.1. The highest BCUT2D eigenvalue weighted by atomic mass is 79.9. The summed E-state index contributed by atoms with van der Waals surface area (Å²) in [5.74, 6) is 0.955. The monoisotopic (exact) mass is 434 g/mol. The Labute approximate surface area is 167 Å². The third-order valence-corrected chi connectivity index (χ3v) is 4.57. The Morgan fingerprint density at radius 1 is 1.33 bits per heavy atom. The Kier molecular flexibility index (Phi) is 7.67. The van der Waals surface area contributed by atoms with Crippen LogP contribution in [-0.2, 0) is 4.79 Å². The quantitative estimate of drug-likeness (QED) is 0.481. The summed E-state index contributed by atoms with van der Waals surface area (Å²) in [6, 6.07) is 11.0. The van der Waals surface area contributed by atoms with Crippen LogP contribution in [0.4, 0.5) is 0 Å². The summed E-state index contributed by atoms with van der Waals surface area (Å²) in [5.41, 5.74) is 4.01. The van der Waals surface area contributed by atoms with Crippen LogP contribution < -0.4 is 14.9 Å². The van der Waals surface area contributed by atoms with Crippen LogP contribution in [0.5, 0.6) is 17.2 Å². The number of amides is 1. The van der Waals surface area contributed by atoms with Crippen LogP contribution in [0, 0.1) is 0 Å². The van der Waals surface area contributed by atoms with Crippen molar-refractivity contribution in [2.24, 2.45) is 5.10 Å². The minimum absolute atomic E-state index is 0.0589. The highest BCUT2D eigenvalue weighted by molar-refractivity contribution is 9.10. The summed E-state index contributed by atoms with van der Waals surface area (Å²) in [6.45, 7) is 4.15. The molecular weight excluding hydrogens is 412 g/mol. The van der Waals surface area contributed by atoms with Crippen LogP contribution in [0.15, 0.2) is 46.0 Å². The third kappa shape index (κ3) is 5.99. The maximum atomic E-state index is 11.9. The Hall–Kier alpha value is -2.54. The molecule has 0 aliphatic heterocycles. The zero-order chi connectivity index (χ0) is 19.8. The molecule has 6 nitrogen and oxygen atoms in total. The molecule has 1 unspecified atom stereocenters. The first-order chi connectivity index (χ1) is 12.9. The summed E-state index contributed by atoms with van der Waals surface area (Å²) in [5, 5.41) is 13.9. The van der Waals surface area contributed by atoms with Gasteiger partial charge in [0.2, 0.25) is 0 Å². The van der Waals surface area contributed by atoms with Gasteiger partial charge in [-0.25, -0.2) is 5.43 Å². The molecule has 0 radical (unpaired) electrons. The normalized spacial score (nSPS) is 12.0. The number of methoxy groups -OCH3 is 1. The zero-order valence-electron chi connectivity index (χ0n) is 15.5. The maximum absolute atomic E-state index is 11.9. The van der Waals surface area contributed by atoms with E-state index in [1.165, 1.54) is 18.9 Å². The molecule has 0 aromatic heterocycles. The number of carbonyl (C=O) groups is 1. The number of hydrazone groups is 1. The van der Waals surface area contributed by atoms with E-state index in [0.29, 0.717) is 27.5 Å². The summed E-state index contributed by atoms with van der Waals surface area (Å²) in [6.07, 6.45) is 2.40. The van der Waals surface area contributed by atoms with Crippen LogP contribution in [0.1, 0.15) is 37.3 Å². The standard InChI is InChI=1S/C20H23BrN2O4/c1-4-13(2)14-5-7-17(8-6-14)27-12-19(24)23-22-11-15-9-16(21)10-18(26-3)20(15)25/h5-11,13,25H,4,12H2,1-3H3,(H,23,24)/b22-11-. The average molecular weight is 435 g/mol. The molecule has 0 spiro atoms. The Morgan fingerprint density at radius 2 is 2.04 bits per heavy atom. The van der Waals surface area contributed by atoms with Gasteiger partial charge in [0.25, 0.3) is 5.91 Å². The molecule has 0 saturated heterocycles. The van der Waals surface area contributed by atoms with E-state index in [0.717, 1.165) is 6.42 Å². The number of hydrogen-bond donors (Lipinski definition) is 2. The predicted molar refractivity (Wildman–Crippen MR) is 109 cm³/mol. The van der Waals surface area contributed by atoms with Crippen molar-refractivity contribution >= 4 is 28.1 Å². The Balaban J connectivity index is 1.88. The molecule has 144 valence electrons. The highest BCUT2D eigenvalue weighted by Gasteiger charge is 2.09. The first kappa shape index (κ1) is 20.8. The molecule has 0 heterocycles. The lowest BCUT2D eigenvalue weighted by Crippen LogP contribution is -2.24. The minimum atomic E-state index is -0.404. The minimum Gasteiger partial charge on any atom is -0.504 e. The maximum Gasteiger partial charge on any atom is 0.277 e. The second-order valence-electron chi connectivity index (χ2n) is 6.01. The Bertz CT molecular complexity index is 806. The molecule has 0 fully saturated rings. The second-order valence-corrected chi connectivity index (χ2v) is 6.92. The summed E-state index contributed by atoms with van der Waals surface area (Å²) in [4.78, 5) is 11.9. The summed E-state index contributed by atoms with van der Waals surface area (Å²) >= 11 is 3.32. The molecule has 0 aliphatic rings. The number of rotatable bonds is 8. The van der Waals surface area contributed by atoms with Crippen molar-refractivity contribution in [1.29, 1.82) is 0 Å². The molecule has 7 heteroatoms. The largest absolute Gasteiger partial charge is 0.504 e. The number of halogens is 1. The van der Waals surface area contributed by atoms with Crippen molar-refractivity contribution in [2.75, 3.05) is 13.7 Å². The lowest BCUT2D eigenvalue weighted by Gasteiger charge is -2.10. The first-order valence-corrected chi connectivity index (χ1v) is 9.35. The number of benzene rings is 2. The van der Waals surface area contributed by atoms with Gasteiger partial charge in [-0.2, -0.15) is 5.10 Å². The number of phenolic OH excluding ortho intramolecular Hbond substituents is 1. The van der Waals surface area contributed by atoms with E-state index in [4.69, 9.17) is 9.47 Å². The number of hydrogen-bond acceptors (Lipinski definition) is 5. The third-order valence-electron chi connectivity index (χ3n) is 4.11. The topological polar surface area (TPSA) is 80.2 Å². The molecular formula is C20H23BrN2O4. The van der Waals surface area contributed by atoms with Gasteiger partial charge in [-0.1, -0.05) is 41.9 Å². The molecule has 2 rings (SSSR count). The summed E-state index contributed by atoms with van der Waals surface area (Å²) in [7, 11) is 1.46. The van der Waals surface area contributed by atoms with E-state index in [1.807, 2.05) is 24.3 Å². The molecule has 2 N–H and O–H groups in total. The van der Waals surface area contributed by atoms with Gasteiger partial charge in [-0.3, -0.25) is 4.79 Å². The van der Waals surface area contributed by atoms with Crippen LogP contribution in [-0.4, -0.2) is 30.9 Å². The van der Waals surface area contributed by atoms with Gasteiger partial charge in [-0.15, -0.1) is 0 Å². The number of nitrogens with one attached hydrogen (secondary N) is 1. The van der Waals surface area contributed by atoms with Gasteiger partial charge in [0.1, 0.15) is 5.75 Å². The number of nitrogens with zero attached hydrogens (tertiary/aromatic N) is 1. The predicted octanol–water partition coefficient (Wildman–Crippen LogP) is 4.21. The van der Waals surface area contributed by atoms with E-state index in [2.05, 4.69) is 40.3 Å². The SMILES string of the molecule is CCC(C)c1ccc(OCC(=O)N/N=C\c2cc(Br)cc(OC)c2O)cc1. The molecule has 0 bridgehead atoms. The van der Waals surface area contributed by atoms with Gasteiger partial charge < -0.3 is 14.6 Å². The van der Waals surface area contributed by atoms with Gasteiger partial charge in [-0.05, 0) is 42.2 Å². The molecule has 1 atom stereocenters. The number of ether oxygens (including phenoxy) is 2. The van der Waals surface area contributed by atoms with Crippen LogP contribution in [0.3, 0.4) is 0 Å². The molecule has 27 heavy (non-hydrogen) atoms. The van der Waals surface area contributed by atoms with Crippen LogP contribution in [0.2, 0.25) is 0 Å². The number of aromatic hydroxyl groups is 1. The van der Waals surface area contributed by atoms with E-state index < -0.39 is 5.91 Å². The highest BCUT2D eigenvalue weighted by Crippen LogP contribution is 2.32. The van der Waals surface area contributed by atoms with Crippen molar-refractivity contribution in [2.45, 2.75) is 26.2 Å². The van der Waals surface area contributed by atoms with Crippen molar-refractivity contribution < 1.29 is 19.4 Å². The van der Waals surface area contributed by atoms with Gasteiger partial charge in [0.05, 0.1) is 13.3 Å². The van der Waals surface area contributed by atoms with Crippen LogP contribution in [0.25, 0.3) is 0 Å². The number of carbonyl (C=O) groups excluding carboxylic acids is 1. The molecule has 2 aromatic carbocycles. The van der Waals surface area contributed by atoms with Crippen molar-refractivity contribution in [3.05, 3.63) is 52.0 Å². The fourth-order valence-electron chi connectivity index (χ4n) is 2.33. The lowest BCUT2D eigenvalue weighted by atomic mass is 9.99. The fraction of sp³-hybridized carbons (Fsp3) is 0.300. The molecule has 0 aliphatic carbocycles. The van der Waals surface area contributed by atoms with Crippen molar-refractivity contribution in [3.63, 3.8) is 0 Å². The van der Waals surface area contributed by atoms with Crippen LogP contribution >= 0.6 is 15.9 Å². The van der Waals surface area contributed by atoms with Gasteiger partial charge in [0, 0.05) is 10.0 Å². The lowest BCUT2D eigenvalue weighted by molar-refractivity contribution is -0.123. The van der Waals surface area contributed by atoms with E-state index >= 15 is 0 Å². The van der Waals surface area contributed by atoms with E-state index in [1.54, 1.807) is 12.1 Å². The smallest absolute Gasteiger partial charge is 0.277 e. The number of phenols is 1. The first-order valence-electron chi connectivity index (χ1n) is 8.55. The molecule has 1 amide bonds. The van der Waals surface area contributed by atoms with E-state index in [-0.39, 0.29) is 12.4 Å². The molecule has 0 saturated carbocycles. The average Bonchev–Trinajstić information content (AvgIpc) is 2.68. The van der Waals surface area contributed by atoms with Crippen molar-refractivity contribution in [1.82, 2.24) is 5.43 Å². The van der Waals surface area contributed by atoms with E-state index in [9.17, 15) is 9.90 Å².